The number of unbranched alkanes of at least 4 members (excludes halogenated alkanes) is 9. The lowest BCUT2D eigenvalue weighted by Crippen LogP contribution is -1.84. The van der Waals surface area contributed by atoms with Crippen molar-refractivity contribution in [2.75, 3.05) is 0 Å². The molecule has 2 nitrogen and oxygen atoms in total. The molecule has 0 aliphatic heterocycles. The second-order valence-corrected chi connectivity index (χ2v) is 5.44. The molecule has 2 heteroatoms. The quantitative estimate of drug-likeness (QED) is 0.183. The number of allylic oxidation sites excluding steroid dienone is 5. The van der Waals surface area contributed by atoms with E-state index in [9.17, 15) is 4.79 Å². The van der Waals surface area contributed by atoms with E-state index < -0.39 is 5.97 Å². The van der Waals surface area contributed by atoms with Gasteiger partial charge in [0.2, 0.25) is 0 Å². The summed E-state index contributed by atoms with van der Waals surface area (Å²) in [6.07, 6.45) is 25.2. The smallest absolute Gasteiger partial charge is 0.328 e. The van der Waals surface area contributed by atoms with Crippen LogP contribution in [0.3, 0.4) is 0 Å². The number of carboxylic acids is 1. The predicted octanol–water partition coefficient (Wildman–Crippen LogP) is 6.05. The molecular weight excluding hydrogens is 260 g/mol. The summed E-state index contributed by atoms with van der Waals surface area (Å²) < 4.78 is 0. The van der Waals surface area contributed by atoms with Gasteiger partial charge in [0.05, 0.1) is 0 Å². The van der Waals surface area contributed by atoms with Crippen LogP contribution in [0.25, 0.3) is 0 Å². The van der Waals surface area contributed by atoms with Gasteiger partial charge >= 0.3 is 5.97 Å². The largest absolute Gasteiger partial charge is 0.478 e. The number of carbonyl (C=O) groups is 1. The van der Waals surface area contributed by atoms with Crippen LogP contribution in [-0.2, 0) is 4.79 Å². The summed E-state index contributed by atoms with van der Waals surface area (Å²) in [5.41, 5.74) is 0. The standard InChI is InChI=1S/C19H32O2/c1-2-3-4-5-6-7-8-9-10-11-12-13-14-15-16-17-18-19(20)21/h5-6,15-18H,2-4,7-14H2,1H3,(H,20,21). The highest BCUT2D eigenvalue weighted by Crippen LogP contribution is 2.09. The molecule has 0 aromatic carbocycles. The first kappa shape index (κ1) is 19.7. The third-order valence-corrected chi connectivity index (χ3v) is 3.37. The molecule has 21 heavy (non-hydrogen) atoms. The molecule has 0 amide bonds. The highest BCUT2D eigenvalue weighted by Gasteiger charge is 1.90. The molecule has 0 saturated heterocycles. The van der Waals surface area contributed by atoms with Gasteiger partial charge in [-0.2, -0.15) is 0 Å². The number of carboxylic acid groups (broad SMARTS) is 1. The predicted molar refractivity (Wildman–Crippen MR) is 91.5 cm³/mol. The first-order chi connectivity index (χ1) is 10.3. The van der Waals surface area contributed by atoms with E-state index in [1.807, 2.05) is 12.2 Å². The summed E-state index contributed by atoms with van der Waals surface area (Å²) in [4.78, 5) is 10.2. The third kappa shape index (κ3) is 18.7. The fourth-order valence-corrected chi connectivity index (χ4v) is 2.10. The molecule has 0 aliphatic rings. The van der Waals surface area contributed by atoms with Crippen molar-refractivity contribution in [1.29, 1.82) is 0 Å². The van der Waals surface area contributed by atoms with Crippen LogP contribution in [0.5, 0.6) is 0 Å². The van der Waals surface area contributed by atoms with Crippen LogP contribution in [0.15, 0.2) is 36.5 Å². The Morgan fingerprint density at radius 1 is 0.762 bits per heavy atom. The van der Waals surface area contributed by atoms with E-state index in [0.717, 1.165) is 12.5 Å². The first-order valence-corrected chi connectivity index (χ1v) is 8.48. The van der Waals surface area contributed by atoms with Gasteiger partial charge < -0.3 is 5.11 Å². The third-order valence-electron chi connectivity index (χ3n) is 3.37. The lowest BCUT2D eigenvalue weighted by Gasteiger charge is -1.99. The van der Waals surface area contributed by atoms with Gasteiger partial charge in [-0.3, -0.25) is 0 Å². The first-order valence-electron chi connectivity index (χ1n) is 8.48. The summed E-state index contributed by atoms with van der Waals surface area (Å²) >= 11 is 0. The van der Waals surface area contributed by atoms with Crippen molar-refractivity contribution in [1.82, 2.24) is 0 Å². The second-order valence-electron chi connectivity index (χ2n) is 5.44. The molecule has 0 aliphatic carbocycles. The maximum atomic E-state index is 10.2. The fourth-order valence-electron chi connectivity index (χ4n) is 2.10. The van der Waals surface area contributed by atoms with Crippen molar-refractivity contribution in [3.8, 4) is 0 Å². The SMILES string of the molecule is CCCCC=CCCCCCCCCC=CC=CC(=O)O. The Morgan fingerprint density at radius 3 is 1.86 bits per heavy atom. The van der Waals surface area contributed by atoms with Gasteiger partial charge in [0.1, 0.15) is 0 Å². The molecule has 0 fully saturated rings. The van der Waals surface area contributed by atoms with Gasteiger partial charge in [-0.05, 0) is 32.1 Å². The average Bonchev–Trinajstić information content (AvgIpc) is 2.46. The maximum Gasteiger partial charge on any atom is 0.328 e. The Kier molecular flexibility index (Phi) is 15.7. The van der Waals surface area contributed by atoms with Crippen LogP contribution in [-0.4, -0.2) is 11.1 Å². The molecule has 0 saturated carbocycles. The van der Waals surface area contributed by atoms with Crippen LogP contribution in [0.1, 0.15) is 77.6 Å². The molecule has 0 spiro atoms. The number of aliphatic carboxylic acids is 1. The minimum atomic E-state index is -0.889. The van der Waals surface area contributed by atoms with Crippen molar-refractivity contribution in [2.24, 2.45) is 0 Å². The van der Waals surface area contributed by atoms with Crippen molar-refractivity contribution < 1.29 is 9.90 Å². The van der Waals surface area contributed by atoms with Gasteiger partial charge in [-0.1, -0.05) is 75.8 Å². The van der Waals surface area contributed by atoms with Crippen LogP contribution >= 0.6 is 0 Å². The van der Waals surface area contributed by atoms with E-state index in [4.69, 9.17) is 5.11 Å². The van der Waals surface area contributed by atoms with E-state index in [2.05, 4.69) is 19.1 Å². The fraction of sp³-hybridized carbons (Fsp3) is 0.632. The van der Waals surface area contributed by atoms with Crippen LogP contribution in [0.2, 0.25) is 0 Å². The Hall–Kier alpha value is -1.31. The number of hydrogen-bond acceptors (Lipinski definition) is 1. The summed E-state index contributed by atoms with van der Waals surface area (Å²) in [5.74, 6) is -0.889. The van der Waals surface area contributed by atoms with E-state index in [0.29, 0.717) is 0 Å². The van der Waals surface area contributed by atoms with Gasteiger partial charge in [0, 0.05) is 6.08 Å². The molecule has 120 valence electrons. The highest BCUT2D eigenvalue weighted by atomic mass is 16.4. The number of rotatable bonds is 14. The van der Waals surface area contributed by atoms with Gasteiger partial charge in [0.25, 0.3) is 0 Å². The molecule has 0 unspecified atom stereocenters. The Balaban J connectivity index is 3.19. The molecule has 0 aromatic rings. The Morgan fingerprint density at radius 2 is 1.29 bits per heavy atom. The van der Waals surface area contributed by atoms with E-state index in [1.165, 1.54) is 64.2 Å². The van der Waals surface area contributed by atoms with Crippen molar-refractivity contribution >= 4 is 5.97 Å². The van der Waals surface area contributed by atoms with E-state index >= 15 is 0 Å². The van der Waals surface area contributed by atoms with Crippen LogP contribution in [0, 0.1) is 0 Å². The molecular formula is C19H32O2. The van der Waals surface area contributed by atoms with Crippen LogP contribution in [0.4, 0.5) is 0 Å². The zero-order valence-electron chi connectivity index (χ0n) is 13.6. The minimum Gasteiger partial charge on any atom is -0.478 e. The topological polar surface area (TPSA) is 37.3 Å². The average molecular weight is 292 g/mol. The molecule has 0 bridgehead atoms. The molecule has 0 atom stereocenters. The molecule has 0 heterocycles. The van der Waals surface area contributed by atoms with Crippen LogP contribution < -0.4 is 0 Å². The molecule has 1 N–H and O–H groups in total. The monoisotopic (exact) mass is 292 g/mol. The molecule has 0 radical (unpaired) electrons. The van der Waals surface area contributed by atoms with Crippen molar-refractivity contribution in [2.45, 2.75) is 77.6 Å². The van der Waals surface area contributed by atoms with Crippen molar-refractivity contribution in [3.63, 3.8) is 0 Å². The summed E-state index contributed by atoms with van der Waals surface area (Å²) in [5, 5.41) is 8.40. The van der Waals surface area contributed by atoms with Gasteiger partial charge in [-0.25, -0.2) is 4.79 Å². The minimum absolute atomic E-state index is 0.889. The van der Waals surface area contributed by atoms with Gasteiger partial charge in [0.15, 0.2) is 0 Å². The molecule has 0 rings (SSSR count). The normalized spacial score (nSPS) is 12.0. The van der Waals surface area contributed by atoms with Gasteiger partial charge in [-0.15, -0.1) is 0 Å². The Bertz CT molecular complexity index is 314. The summed E-state index contributed by atoms with van der Waals surface area (Å²) in [6, 6.07) is 0. The van der Waals surface area contributed by atoms with E-state index in [1.54, 1.807) is 6.08 Å². The number of hydrogen-bond donors (Lipinski definition) is 1. The second kappa shape index (κ2) is 16.7. The zero-order valence-corrected chi connectivity index (χ0v) is 13.6. The lowest BCUT2D eigenvalue weighted by molar-refractivity contribution is -0.131. The maximum absolute atomic E-state index is 10.2. The van der Waals surface area contributed by atoms with Crippen molar-refractivity contribution in [3.05, 3.63) is 36.5 Å². The summed E-state index contributed by atoms with van der Waals surface area (Å²) in [6.45, 7) is 2.23. The van der Waals surface area contributed by atoms with E-state index in [-0.39, 0.29) is 0 Å². The molecule has 0 aromatic heterocycles. The lowest BCUT2D eigenvalue weighted by atomic mass is 10.1. The highest BCUT2D eigenvalue weighted by molar-refractivity contribution is 5.80. The zero-order chi connectivity index (χ0) is 15.6. The Labute approximate surface area is 130 Å². The summed E-state index contributed by atoms with van der Waals surface area (Å²) in [7, 11) is 0.